The molecule has 5 heteroatoms. The number of alkyl halides is 1. The Balaban J connectivity index is 1.83. The molecule has 28 heavy (non-hydrogen) atoms. The van der Waals surface area contributed by atoms with Crippen molar-refractivity contribution in [1.29, 1.82) is 0 Å². The van der Waals surface area contributed by atoms with Gasteiger partial charge in [-0.2, -0.15) is 0 Å². The first-order valence-electron chi connectivity index (χ1n) is 10.5. The molecule has 0 unspecified atom stereocenters. The van der Waals surface area contributed by atoms with Crippen LogP contribution in [0.4, 0.5) is 4.39 Å². The second-order valence-electron chi connectivity index (χ2n) is 10.00. The number of rotatable bonds is 3. The maximum Gasteiger partial charge on any atom is 0.162 e. The molecule has 4 aliphatic carbocycles. The molecular formula is C23H31FO4. The van der Waals surface area contributed by atoms with Gasteiger partial charge >= 0.3 is 0 Å². The number of ketones is 2. The zero-order valence-corrected chi connectivity index (χ0v) is 17.0. The van der Waals surface area contributed by atoms with E-state index in [2.05, 4.69) is 6.92 Å². The lowest BCUT2D eigenvalue weighted by Crippen LogP contribution is -2.60. The van der Waals surface area contributed by atoms with Crippen LogP contribution in [0, 0.1) is 40.4 Å². The van der Waals surface area contributed by atoms with Gasteiger partial charge < -0.3 is 10.2 Å². The average Bonchev–Trinajstić information content (AvgIpc) is 2.97. The van der Waals surface area contributed by atoms with Crippen LogP contribution in [-0.2, 0) is 9.59 Å². The molecule has 0 aliphatic heterocycles. The summed E-state index contributed by atoms with van der Waals surface area (Å²) < 4.78 is 16.9. The van der Waals surface area contributed by atoms with E-state index in [9.17, 15) is 19.8 Å². The summed E-state index contributed by atoms with van der Waals surface area (Å²) in [6, 6.07) is 0. The van der Waals surface area contributed by atoms with Gasteiger partial charge in [0.1, 0.15) is 12.3 Å². The molecule has 8 atom stereocenters. The van der Waals surface area contributed by atoms with Crippen LogP contribution in [0.15, 0.2) is 23.8 Å². The summed E-state index contributed by atoms with van der Waals surface area (Å²) in [6.45, 7) is 5.34. The minimum absolute atomic E-state index is 0.0707. The van der Waals surface area contributed by atoms with Gasteiger partial charge in [-0.15, -0.1) is 0 Å². The molecule has 0 amide bonds. The normalized spacial score (nSPS) is 49.9. The predicted molar refractivity (Wildman–Crippen MR) is 103 cm³/mol. The monoisotopic (exact) mass is 390 g/mol. The largest absolute Gasteiger partial charge is 0.396 e. The van der Waals surface area contributed by atoms with Crippen molar-refractivity contribution in [3.63, 3.8) is 0 Å². The number of allylic oxidation sites excluding steroid dienone is 4. The lowest BCUT2D eigenvalue weighted by atomic mass is 9.46. The Kier molecular flexibility index (Phi) is 4.51. The first-order chi connectivity index (χ1) is 13.1. The third-order valence-electron chi connectivity index (χ3n) is 8.75. The SMILES string of the molecule is C[C@H]1C[C@H]2[C@@H]3C[C@H](CO)[C@H](C(=O)CO)[C@@]3(C)C=C[C@]2(F)[C@@]2(C)CCC(=O)C=C12. The van der Waals surface area contributed by atoms with E-state index in [4.69, 9.17) is 0 Å². The van der Waals surface area contributed by atoms with Gasteiger partial charge in [0.25, 0.3) is 0 Å². The van der Waals surface area contributed by atoms with Crippen LogP contribution >= 0.6 is 0 Å². The van der Waals surface area contributed by atoms with Gasteiger partial charge in [-0.05, 0) is 54.6 Å². The van der Waals surface area contributed by atoms with Crippen molar-refractivity contribution in [3.05, 3.63) is 23.8 Å². The summed E-state index contributed by atoms with van der Waals surface area (Å²) in [5.74, 6) is -1.15. The second kappa shape index (κ2) is 6.33. The number of halogens is 1. The summed E-state index contributed by atoms with van der Waals surface area (Å²) in [6.07, 6.45) is 7.30. The van der Waals surface area contributed by atoms with Gasteiger partial charge in [-0.3, -0.25) is 9.59 Å². The predicted octanol–water partition coefficient (Wildman–Crippen LogP) is 3.03. The second-order valence-corrected chi connectivity index (χ2v) is 10.00. The number of aliphatic hydroxyl groups excluding tert-OH is 2. The first kappa shape index (κ1) is 20.0. The smallest absolute Gasteiger partial charge is 0.162 e. The van der Waals surface area contributed by atoms with Crippen molar-refractivity contribution in [3.8, 4) is 0 Å². The quantitative estimate of drug-likeness (QED) is 0.727. The van der Waals surface area contributed by atoms with Crippen LogP contribution in [0.25, 0.3) is 0 Å². The number of aliphatic hydroxyl groups is 2. The zero-order chi connectivity index (χ0) is 20.5. The standard InChI is InChI=1S/C23H31FO4/c1-13-8-18-17-9-14(11-25)20(19(28)12-26)21(17,2)6-7-23(18,24)22(3)5-4-15(27)10-16(13)22/h6-7,10,13-14,17-18,20,25-26H,4-5,8-9,11-12H2,1-3H3/t13-,14+,17-,18-,20+,21-,22-,23+/m0/s1. The van der Waals surface area contributed by atoms with Crippen molar-refractivity contribution < 1.29 is 24.2 Å². The lowest BCUT2D eigenvalue weighted by molar-refractivity contribution is -0.133. The topological polar surface area (TPSA) is 74.6 Å². The first-order valence-corrected chi connectivity index (χ1v) is 10.5. The molecule has 2 N–H and O–H groups in total. The molecule has 0 aromatic carbocycles. The third-order valence-corrected chi connectivity index (χ3v) is 8.75. The van der Waals surface area contributed by atoms with Crippen LogP contribution in [0.1, 0.15) is 46.5 Å². The molecule has 4 nitrogen and oxygen atoms in total. The fraction of sp³-hybridized carbons (Fsp3) is 0.739. The van der Waals surface area contributed by atoms with Crippen molar-refractivity contribution in [2.24, 2.45) is 40.4 Å². The molecule has 4 aliphatic rings. The van der Waals surface area contributed by atoms with Crippen LogP contribution in [0.3, 0.4) is 0 Å². The average molecular weight is 390 g/mol. The minimum Gasteiger partial charge on any atom is -0.396 e. The van der Waals surface area contributed by atoms with Gasteiger partial charge in [0.2, 0.25) is 0 Å². The Morgan fingerprint density at radius 2 is 1.93 bits per heavy atom. The molecule has 2 saturated carbocycles. The third kappa shape index (κ3) is 2.35. The number of Topliss-reactive ketones (excluding diaryl/α,β-unsaturated/α-hetero) is 1. The van der Waals surface area contributed by atoms with Crippen molar-refractivity contribution >= 4 is 11.6 Å². The fourth-order valence-corrected chi connectivity index (χ4v) is 7.34. The fourth-order valence-electron chi connectivity index (χ4n) is 7.34. The van der Waals surface area contributed by atoms with Gasteiger partial charge in [-0.1, -0.05) is 32.4 Å². The van der Waals surface area contributed by atoms with Crippen LogP contribution in [-0.4, -0.2) is 40.7 Å². The number of carbonyl (C=O) groups is 2. The van der Waals surface area contributed by atoms with Crippen molar-refractivity contribution in [1.82, 2.24) is 0 Å². The summed E-state index contributed by atoms with van der Waals surface area (Å²) in [4.78, 5) is 24.6. The maximum atomic E-state index is 16.9. The van der Waals surface area contributed by atoms with Gasteiger partial charge in [-0.25, -0.2) is 4.39 Å². The highest BCUT2D eigenvalue weighted by molar-refractivity contribution is 5.92. The van der Waals surface area contributed by atoms with E-state index in [1.54, 1.807) is 12.2 Å². The number of hydrogen-bond donors (Lipinski definition) is 2. The molecule has 0 aromatic rings. The minimum atomic E-state index is -1.56. The Hall–Kier alpha value is -1.33. The Morgan fingerprint density at radius 3 is 2.57 bits per heavy atom. The summed E-state index contributed by atoms with van der Waals surface area (Å²) in [7, 11) is 0. The maximum absolute atomic E-state index is 16.9. The Morgan fingerprint density at radius 1 is 1.21 bits per heavy atom. The molecule has 0 spiro atoms. The molecule has 0 radical (unpaired) electrons. The van der Waals surface area contributed by atoms with E-state index in [1.807, 2.05) is 19.9 Å². The van der Waals surface area contributed by atoms with Crippen LogP contribution < -0.4 is 0 Å². The highest BCUT2D eigenvalue weighted by Gasteiger charge is 2.68. The van der Waals surface area contributed by atoms with Gasteiger partial charge in [0.15, 0.2) is 11.6 Å². The molecule has 0 bridgehead atoms. The highest BCUT2D eigenvalue weighted by Crippen LogP contribution is 2.68. The summed E-state index contributed by atoms with van der Waals surface area (Å²) in [5.41, 5.74) is -1.91. The van der Waals surface area contributed by atoms with E-state index in [-0.39, 0.29) is 41.8 Å². The summed E-state index contributed by atoms with van der Waals surface area (Å²) in [5, 5.41) is 19.4. The molecule has 0 heterocycles. The van der Waals surface area contributed by atoms with Crippen LogP contribution in [0.5, 0.6) is 0 Å². The number of carbonyl (C=O) groups excluding carboxylic acids is 2. The zero-order valence-electron chi connectivity index (χ0n) is 17.0. The molecule has 4 rings (SSSR count). The number of fused-ring (bicyclic) bond motifs is 5. The Bertz CT molecular complexity index is 773. The highest BCUT2D eigenvalue weighted by atomic mass is 19.1. The van der Waals surface area contributed by atoms with E-state index >= 15 is 4.39 Å². The number of hydrogen-bond acceptors (Lipinski definition) is 4. The van der Waals surface area contributed by atoms with E-state index in [0.717, 1.165) is 5.57 Å². The summed E-state index contributed by atoms with van der Waals surface area (Å²) >= 11 is 0. The van der Waals surface area contributed by atoms with Crippen molar-refractivity contribution in [2.75, 3.05) is 13.2 Å². The molecular weight excluding hydrogens is 359 g/mol. The molecule has 154 valence electrons. The Labute approximate surface area is 165 Å². The van der Waals surface area contributed by atoms with E-state index in [0.29, 0.717) is 25.7 Å². The van der Waals surface area contributed by atoms with Gasteiger partial charge in [0, 0.05) is 30.3 Å². The molecule has 0 saturated heterocycles. The molecule has 0 aromatic heterocycles. The van der Waals surface area contributed by atoms with E-state index < -0.39 is 29.0 Å². The van der Waals surface area contributed by atoms with Gasteiger partial charge in [0.05, 0.1) is 0 Å². The van der Waals surface area contributed by atoms with Crippen molar-refractivity contribution in [2.45, 2.75) is 52.1 Å². The molecule has 2 fully saturated rings. The van der Waals surface area contributed by atoms with Crippen LogP contribution in [0.2, 0.25) is 0 Å². The lowest BCUT2D eigenvalue weighted by Gasteiger charge is -2.60. The van der Waals surface area contributed by atoms with E-state index in [1.165, 1.54) is 0 Å².